The minimum Gasteiger partial charge on any atom is -0.497 e. The Bertz CT molecular complexity index is 901. The number of likely N-dealkylation sites (tertiary alicyclic amines) is 2. The molecule has 172 valence electrons. The van der Waals surface area contributed by atoms with Gasteiger partial charge in [0.15, 0.2) is 0 Å². The zero-order chi connectivity index (χ0) is 22.3. The summed E-state index contributed by atoms with van der Waals surface area (Å²) < 4.78 is 11.6. The highest BCUT2D eigenvalue weighted by atomic mass is 16.5. The lowest BCUT2D eigenvalue weighted by molar-refractivity contribution is -0.146. The fourth-order valence-electron chi connectivity index (χ4n) is 5.26. The summed E-state index contributed by atoms with van der Waals surface area (Å²) in [5.41, 5.74) is -0.384. The molecule has 3 aliphatic heterocycles. The molecule has 3 amide bonds. The zero-order valence-electron chi connectivity index (χ0n) is 18.6. The third-order valence-electron chi connectivity index (χ3n) is 7.28. The van der Waals surface area contributed by atoms with Gasteiger partial charge in [-0.2, -0.15) is 0 Å². The number of ether oxygens (including phenoxy) is 2. The highest BCUT2D eigenvalue weighted by molar-refractivity contribution is 5.99. The number of methoxy groups -OCH3 is 1. The van der Waals surface area contributed by atoms with Gasteiger partial charge in [0, 0.05) is 50.5 Å². The van der Waals surface area contributed by atoms with E-state index < -0.39 is 11.8 Å². The van der Waals surface area contributed by atoms with Crippen molar-refractivity contribution >= 4 is 17.7 Å². The van der Waals surface area contributed by atoms with Crippen molar-refractivity contribution in [1.29, 1.82) is 0 Å². The first-order valence-electron chi connectivity index (χ1n) is 11.7. The molecule has 1 aromatic rings. The van der Waals surface area contributed by atoms with E-state index in [1.54, 1.807) is 36.3 Å². The first-order chi connectivity index (χ1) is 15.5. The van der Waals surface area contributed by atoms with E-state index in [-0.39, 0.29) is 30.2 Å². The Labute approximate surface area is 188 Å². The van der Waals surface area contributed by atoms with Gasteiger partial charge in [-0.3, -0.25) is 19.3 Å². The van der Waals surface area contributed by atoms with Crippen LogP contribution in [-0.4, -0.2) is 84.1 Å². The van der Waals surface area contributed by atoms with E-state index >= 15 is 0 Å². The monoisotopic (exact) mass is 441 g/mol. The van der Waals surface area contributed by atoms with E-state index in [2.05, 4.69) is 0 Å². The van der Waals surface area contributed by atoms with Crippen LogP contribution in [0.2, 0.25) is 0 Å². The first kappa shape index (κ1) is 21.2. The van der Waals surface area contributed by atoms with Crippen molar-refractivity contribution in [2.75, 3.05) is 39.9 Å². The molecule has 32 heavy (non-hydrogen) atoms. The minimum atomic E-state index is -0.861. The number of nitrogens with zero attached hydrogens (tertiary/aromatic N) is 3. The Morgan fingerprint density at radius 2 is 1.69 bits per heavy atom. The summed E-state index contributed by atoms with van der Waals surface area (Å²) in [7, 11) is 1.57. The quantitative estimate of drug-likeness (QED) is 0.713. The standard InChI is InChI=1S/C24H31N3O5/c1-31-19-6-4-5-18(15-19)22(29)27-20(23(30)25-11-2-3-12-25)16-32-24(27)9-13-26(14-10-24)21(28)17-7-8-17/h4-6,15,17,20H,2-3,7-14,16H2,1H3/t20-/m1/s1. The maximum Gasteiger partial charge on any atom is 0.257 e. The Hall–Kier alpha value is -2.61. The molecule has 1 aliphatic carbocycles. The fourth-order valence-corrected chi connectivity index (χ4v) is 5.26. The highest BCUT2D eigenvalue weighted by Gasteiger charge is 2.55. The van der Waals surface area contributed by atoms with Crippen LogP contribution in [0.1, 0.15) is 48.9 Å². The molecule has 0 radical (unpaired) electrons. The highest BCUT2D eigenvalue weighted by Crippen LogP contribution is 2.41. The molecule has 5 rings (SSSR count). The number of rotatable bonds is 4. The average Bonchev–Trinajstić information content (AvgIpc) is 3.41. The predicted molar refractivity (Wildman–Crippen MR) is 116 cm³/mol. The molecule has 4 aliphatic rings. The second-order valence-electron chi connectivity index (χ2n) is 9.31. The third kappa shape index (κ3) is 3.74. The summed E-state index contributed by atoms with van der Waals surface area (Å²) in [6, 6.07) is 6.39. The zero-order valence-corrected chi connectivity index (χ0v) is 18.6. The average molecular weight is 442 g/mol. The molecule has 1 spiro atoms. The molecule has 0 aromatic heterocycles. The summed E-state index contributed by atoms with van der Waals surface area (Å²) in [4.78, 5) is 45.1. The first-order valence-corrected chi connectivity index (χ1v) is 11.7. The second kappa shape index (κ2) is 8.39. The number of benzene rings is 1. The van der Waals surface area contributed by atoms with Crippen LogP contribution in [0.25, 0.3) is 0 Å². The molecule has 0 bridgehead atoms. The molecule has 3 saturated heterocycles. The molecule has 4 fully saturated rings. The Balaban J connectivity index is 1.42. The van der Waals surface area contributed by atoms with Crippen LogP contribution in [0.5, 0.6) is 5.75 Å². The summed E-state index contributed by atoms with van der Waals surface area (Å²) >= 11 is 0. The van der Waals surface area contributed by atoms with Gasteiger partial charge in [-0.1, -0.05) is 6.07 Å². The van der Waals surface area contributed by atoms with Crippen molar-refractivity contribution in [2.45, 2.75) is 50.3 Å². The summed E-state index contributed by atoms with van der Waals surface area (Å²) in [6.07, 6.45) is 4.97. The maximum atomic E-state index is 13.8. The molecular formula is C24H31N3O5. The van der Waals surface area contributed by atoms with Crippen molar-refractivity contribution in [3.05, 3.63) is 29.8 Å². The van der Waals surface area contributed by atoms with Gasteiger partial charge in [-0.25, -0.2) is 0 Å². The number of hydrogen-bond acceptors (Lipinski definition) is 5. The molecule has 0 unspecified atom stereocenters. The van der Waals surface area contributed by atoms with Crippen LogP contribution in [0, 0.1) is 5.92 Å². The fraction of sp³-hybridized carbons (Fsp3) is 0.625. The van der Waals surface area contributed by atoms with E-state index in [1.165, 1.54) is 0 Å². The maximum absolute atomic E-state index is 13.8. The van der Waals surface area contributed by atoms with Crippen LogP contribution < -0.4 is 4.74 Å². The van der Waals surface area contributed by atoms with E-state index in [9.17, 15) is 14.4 Å². The minimum absolute atomic E-state index is 0.0351. The van der Waals surface area contributed by atoms with Gasteiger partial charge >= 0.3 is 0 Å². The summed E-state index contributed by atoms with van der Waals surface area (Å²) in [5, 5.41) is 0. The van der Waals surface area contributed by atoms with E-state index in [4.69, 9.17) is 9.47 Å². The SMILES string of the molecule is COc1cccc(C(=O)N2[C@@H](C(=O)N3CCCC3)COC23CCN(C(=O)C2CC2)CC3)c1. The number of carbonyl (C=O) groups excluding carboxylic acids is 3. The van der Waals surface area contributed by atoms with Crippen LogP contribution in [0.4, 0.5) is 0 Å². The van der Waals surface area contributed by atoms with Crippen molar-refractivity contribution in [1.82, 2.24) is 14.7 Å². The molecule has 1 atom stereocenters. The smallest absolute Gasteiger partial charge is 0.257 e. The van der Waals surface area contributed by atoms with Crippen LogP contribution >= 0.6 is 0 Å². The molecule has 1 saturated carbocycles. The number of piperidine rings is 1. The third-order valence-corrected chi connectivity index (χ3v) is 7.28. The Morgan fingerprint density at radius 3 is 2.34 bits per heavy atom. The Kier molecular flexibility index (Phi) is 5.57. The molecular weight excluding hydrogens is 410 g/mol. The number of carbonyl (C=O) groups is 3. The lowest BCUT2D eigenvalue weighted by Crippen LogP contribution is -2.60. The second-order valence-corrected chi connectivity index (χ2v) is 9.31. The van der Waals surface area contributed by atoms with Gasteiger partial charge < -0.3 is 19.3 Å². The van der Waals surface area contributed by atoms with Crippen molar-refractivity contribution in [2.24, 2.45) is 5.92 Å². The van der Waals surface area contributed by atoms with Gasteiger partial charge in [0.05, 0.1) is 13.7 Å². The van der Waals surface area contributed by atoms with Gasteiger partial charge in [0.25, 0.3) is 5.91 Å². The molecule has 8 heteroatoms. The van der Waals surface area contributed by atoms with Gasteiger partial charge in [0.1, 0.15) is 17.5 Å². The molecule has 3 heterocycles. The molecule has 8 nitrogen and oxygen atoms in total. The molecule has 0 N–H and O–H groups in total. The van der Waals surface area contributed by atoms with Gasteiger partial charge in [0.2, 0.25) is 11.8 Å². The van der Waals surface area contributed by atoms with Crippen molar-refractivity contribution in [3.8, 4) is 5.75 Å². The van der Waals surface area contributed by atoms with Gasteiger partial charge in [-0.15, -0.1) is 0 Å². The van der Waals surface area contributed by atoms with E-state index in [0.29, 0.717) is 37.2 Å². The predicted octanol–water partition coefficient (Wildman–Crippen LogP) is 1.89. The lowest BCUT2D eigenvalue weighted by Gasteiger charge is -2.45. The van der Waals surface area contributed by atoms with Gasteiger partial charge in [-0.05, 0) is 43.9 Å². The largest absolute Gasteiger partial charge is 0.497 e. The lowest BCUT2D eigenvalue weighted by atomic mass is 9.96. The van der Waals surface area contributed by atoms with Crippen molar-refractivity contribution < 1.29 is 23.9 Å². The number of hydrogen-bond donors (Lipinski definition) is 0. The Morgan fingerprint density at radius 1 is 1.00 bits per heavy atom. The summed E-state index contributed by atoms with van der Waals surface area (Å²) in [6.45, 7) is 2.74. The molecule has 1 aromatic carbocycles. The van der Waals surface area contributed by atoms with E-state index in [0.717, 1.165) is 38.8 Å². The van der Waals surface area contributed by atoms with Crippen LogP contribution in [0.3, 0.4) is 0 Å². The van der Waals surface area contributed by atoms with Crippen LogP contribution in [-0.2, 0) is 14.3 Å². The normalized spacial score (nSPS) is 24.8. The van der Waals surface area contributed by atoms with E-state index in [1.807, 2.05) is 9.80 Å². The van der Waals surface area contributed by atoms with Crippen LogP contribution in [0.15, 0.2) is 24.3 Å². The van der Waals surface area contributed by atoms with Crippen molar-refractivity contribution in [3.63, 3.8) is 0 Å². The number of amides is 3. The topological polar surface area (TPSA) is 79.4 Å². The summed E-state index contributed by atoms with van der Waals surface area (Å²) in [5.74, 6) is 0.728.